The van der Waals surface area contributed by atoms with Crippen molar-refractivity contribution in [2.75, 3.05) is 14.1 Å². The molecule has 2 nitrogen and oxygen atoms in total. The molecule has 0 N–H and O–H groups in total. The molecule has 0 spiro atoms. The van der Waals surface area contributed by atoms with Crippen molar-refractivity contribution in [2.45, 2.75) is 45.8 Å². The van der Waals surface area contributed by atoms with Crippen LogP contribution < -0.4 is 0 Å². The van der Waals surface area contributed by atoms with E-state index < -0.39 is 16.6 Å². The Morgan fingerprint density at radius 1 is 0.857 bits per heavy atom. The lowest BCUT2D eigenvalue weighted by molar-refractivity contribution is 0.631. The summed E-state index contributed by atoms with van der Waals surface area (Å²) in [7, 11) is 1.88. The third kappa shape index (κ3) is 3.30. The quantitative estimate of drug-likeness (QED) is 0.705. The van der Waals surface area contributed by atoms with Gasteiger partial charge in [0.15, 0.2) is 8.40 Å². The van der Waals surface area contributed by atoms with Gasteiger partial charge in [0.05, 0.1) is 0 Å². The minimum atomic E-state index is -1.33. The summed E-state index contributed by atoms with van der Waals surface area (Å²) in [5.74, 6) is 0. The molecule has 0 atom stereocenters. The van der Waals surface area contributed by atoms with Gasteiger partial charge < -0.3 is 8.46 Å². The second-order valence-corrected chi connectivity index (χ2v) is 18.5. The molecule has 14 heavy (non-hydrogen) atoms. The molecule has 0 amide bonds. The summed E-state index contributed by atoms with van der Waals surface area (Å²) >= 11 is 0. The summed E-state index contributed by atoms with van der Waals surface area (Å²) in [6, 6.07) is 0. The fourth-order valence-corrected chi connectivity index (χ4v) is 14.2. The van der Waals surface area contributed by atoms with Crippen molar-refractivity contribution in [2.24, 2.45) is 0 Å². The molecule has 0 bridgehead atoms. The molecule has 85 valence electrons. The molecular formula is C9H27N2Si3. The van der Waals surface area contributed by atoms with Crippen molar-refractivity contribution < 1.29 is 0 Å². The third-order valence-corrected chi connectivity index (χ3v) is 16.6. The van der Waals surface area contributed by atoms with Crippen molar-refractivity contribution in [3.8, 4) is 0 Å². The lowest BCUT2D eigenvalue weighted by atomic mass is 11.6. The fraction of sp³-hybridized carbons (Fsp3) is 1.00. The van der Waals surface area contributed by atoms with Crippen LogP contribution in [0.4, 0.5) is 0 Å². The van der Waals surface area contributed by atoms with Crippen molar-refractivity contribution in [1.29, 1.82) is 0 Å². The maximum atomic E-state index is 2.72. The van der Waals surface area contributed by atoms with E-state index in [9.17, 15) is 0 Å². The number of hydrogen-bond acceptors (Lipinski definition) is 2. The van der Waals surface area contributed by atoms with Gasteiger partial charge in [-0.1, -0.05) is 32.7 Å². The Hall–Kier alpha value is 0.571. The zero-order valence-electron chi connectivity index (χ0n) is 11.4. The molecule has 0 fully saturated rings. The molecule has 0 aliphatic heterocycles. The summed E-state index contributed by atoms with van der Waals surface area (Å²) in [4.78, 5) is 0. The first-order valence-corrected chi connectivity index (χ1v) is 14.1. The molecule has 0 saturated heterocycles. The summed E-state index contributed by atoms with van der Waals surface area (Å²) in [5, 5.41) is 0. The highest BCUT2D eigenvalue weighted by Crippen LogP contribution is 2.20. The molecule has 0 aromatic carbocycles. The Labute approximate surface area is 94.2 Å². The molecular weight excluding hydrogens is 220 g/mol. The Morgan fingerprint density at radius 3 is 1.43 bits per heavy atom. The van der Waals surface area contributed by atoms with Gasteiger partial charge in [-0.05, 0) is 27.2 Å². The SMILES string of the molecule is CN([Si](C)C)[Si](C)(C)N(C)[Si](C)(C)C. The Morgan fingerprint density at radius 2 is 1.21 bits per heavy atom. The first kappa shape index (κ1) is 14.6. The highest BCUT2D eigenvalue weighted by Gasteiger charge is 2.39. The summed E-state index contributed by atoms with van der Waals surface area (Å²) in [6.07, 6.45) is 0. The number of hydrogen-bond donors (Lipinski definition) is 0. The van der Waals surface area contributed by atoms with Crippen LogP contribution in [-0.4, -0.2) is 48.1 Å². The van der Waals surface area contributed by atoms with Crippen LogP contribution in [0.25, 0.3) is 0 Å². The molecule has 0 rings (SSSR count). The number of nitrogens with zero attached hydrogens (tertiary/aromatic N) is 2. The maximum Gasteiger partial charge on any atom is 0.186 e. The predicted molar refractivity (Wildman–Crippen MR) is 73.8 cm³/mol. The van der Waals surface area contributed by atoms with Crippen LogP contribution in [0.3, 0.4) is 0 Å². The van der Waals surface area contributed by atoms with Crippen molar-refractivity contribution in [3.05, 3.63) is 0 Å². The summed E-state index contributed by atoms with van der Waals surface area (Å²) < 4.78 is 5.40. The van der Waals surface area contributed by atoms with Gasteiger partial charge in [-0.2, -0.15) is 0 Å². The maximum absolute atomic E-state index is 2.72. The van der Waals surface area contributed by atoms with Crippen LogP contribution in [0.2, 0.25) is 45.8 Å². The molecule has 0 saturated carbocycles. The minimum absolute atomic E-state index is 0.298. The van der Waals surface area contributed by atoms with E-state index in [1.165, 1.54) is 0 Å². The third-order valence-electron chi connectivity index (χ3n) is 3.32. The van der Waals surface area contributed by atoms with Crippen molar-refractivity contribution in [3.63, 3.8) is 0 Å². The summed E-state index contributed by atoms with van der Waals surface area (Å²) in [5.41, 5.74) is 0. The van der Waals surface area contributed by atoms with E-state index in [1.807, 2.05) is 0 Å². The topological polar surface area (TPSA) is 6.48 Å². The normalized spacial score (nSPS) is 14.6. The molecule has 0 aliphatic rings. The highest BCUT2D eigenvalue weighted by atomic mass is 28.4. The number of rotatable bonds is 4. The molecule has 0 heterocycles. The van der Waals surface area contributed by atoms with E-state index in [0.29, 0.717) is 0 Å². The summed E-state index contributed by atoms with van der Waals surface area (Å²) in [6.45, 7) is 17.0. The smallest absolute Gasteiger partial charge is 0.186 e. The van der Waals surface area contributed by atoms with Gasteiger partial charge in [0.2, 0.25) is 0 Å². The second-order valence-electron chi connectivity index (χ2n) is 5.73. The largest absolute Gasteiger partial charge is 0.338 e. The van der Waals surface area contributed by atoms with Crippen molar-refractivity contribution in [1.82, 2.24) is 8.46 Å². The highest BCUT2D eigenvalue weighted by molar-refractivity contribution is 6.92. The van der Waals surface area contributed by atoms with E-state index in [0.717, 1.165) is 0 Å². The lowest BCUT2D eigenvalue weighted by Crippen LogP contribution is -2.68. The van der Waals surface area contributed by atoms with Gasteiger partial charge in [-0.25, -0.2) is 0 Å². The molecule has 0 aliphatic carbocycles. The van der Waals surface area contributed by atoms with Crippen LogP contribution in [0, 0.1) is 0 Å². The fourth-order valence-electron chi connectivity index (χ4n) is 1.59. The van der Waals surface area contributed by atoms with E-state index in [2.05, 4.69) is 68.4 Å². The first-order chi connectivity index (χ1) is 6.01. The Kier molecular flexibility index (Phi) is 4.80. The molecule has 5 heteroatoms. The average molecular weight is 248 g/mol. The lowest BCUT2D eigenvalue weighted by Gasteiger charge is -2.48. The molecule has 0 unspecified atom stereocenters. The second kappa shape index (κ2) is 4.61. The van der Waals surface area contributed by atoms with E-state index in [1.54, 1.807) is 0 Å². The van der Waals surface area contributed by atoms with E-state index in [4.69, 9.17) is 0 Å². The van der Waals surface area contributed by atoms with Crippen LogP contribution >= 0.6 is 0 Å². The Balaban J connectivity index is 4.77. The van der Waals surface area contributed by atoms with Gasteiger partial charge >= 0.3 is 0 Å². The molecule has 0 aromatic rings. The van der Waals surface area contributed by atoms with E-state index >= 15 is 0 Å². The average Bonchev–Trinajstić information content (AvgIpc) is 1.99. The zero-order chi connectivity index (χ0) is 11.7. The van der Waals surface area contributed by atoms with Crippen LogP contribution in [0.5, 0.6) is 0 Å². The molecule has 0 aromatic heterocycles. The van der Waals surface area contributed by atoms with Gasteiger partial charge in [0.25, 0.3) is 0 Å². The first-order valence-electron chi connectivity index (χ1n) is 5.29. The minimum Gasteiger partial charge on any atom is -0.338 e. The van der Waals surface area contributed by atoms with Crippen LogP contribution in [-0.2, 0) is 0 Å². The van der Waals surface area contributed by atoms with Crippen LogP contribution in [0.1, 0.15) is 0 Å². The van der Waals surface area contributed by atoms with E-state index in [-0.39, 0.29) is 8.96 Å². The van der Waals surface area contributed by atoms with Crippen LogP contribution in [0.15, 0.2) is 0 Å². The van der Waals surface area contributed by atoms with Crippen molar-refractivity contribution >= 4 is 25.6 Å². The van der Waals surface area contributed by atoms with Gasteiger partial charge in [-0.15, -0.1) is 0 Å². The molecule has 1 radical (unpaired) electrons. The van der Waals surface area contributed by atoms with Gasteiger partial charge in [0.1, 0.15) is 17.2 Å². The van der Waals surface area contributed by atoms with Gasteiger partial charge in [-0.3, -0.25) is 0 Å². The van der Waals surface area contributed by atoms with Gasteiger partial charge in [0, 0.05) is 0 Å². The Bertz CT molecular complexity index is 187. The monoisotopic (exact) mass is 247 g/mol. The zero-order valence-corrected chi connectivity index (χ0v) is 14.4. The standard InChI is InChI=1S/C9H27N2Si3/c1-10(12(3)4)14(8,9)11(2)13(5,6)7/h1-9H3. The predicted octanol–water partition coefficient (Wildman–Crippen LogP) is 2.64.